The van der Waals surface area contributed by atoms with Gasteiger partial charge in [-0.3, -0.25) is 9.69 Å². The summed E-state index contributed by atoms with van der Waals surface area (Å²) in [5.41, 5.74) is 1.18. The zero-order valence-electron chi connectivity index (χ0n) is 10.5. The maximum absolute atomic E-state index is 11.0. The average molecular weight is 268 g/mol. The lowest BCUT2D eigenvalue weighted by Crippen LogP contribution is -2.27. The minimum absolute atomic E-state index is 0.224. The first kappa shape index (κ1) is 13.4. The smallest absolute Gasteiger partial charge is 0.307 e. The molecule has 18 heavy (non-hydrogen) atoms. The molecule has 0 saturated carbocycles. The summed E-state index contributed by atoms with van der Waals surface area (Å²) in [6.07, 6.45) is 1.71. The summed E-state index contributed by atoms with van der Waals surface area (Å²) in [5, 5.41) is 9.79. The lowest BCUT2D eigenvalue weighted by molar-refractivity contribution is -0.141. The number of hydrogen-bond acceptors (Lipinski definition) is 2. The van der Waals surface area contributed by atoms with Crippen molar-refractivity contribution >= 4 is 17.6 Å². The molecule has 2 unspecified atom stereocenters. The number of rotatable bonds is 4. The van der Waals surface area contributed by atoms with Gasteiger partial charge in [-0.15, -0.1) is 0 Å². The van der Waals surface area contributed by atoms with Crippen LogP contribution in [0.15, 0.2) is 24.3 Å². The molecule has 0 aliphatic carbocycles. The number of carboxylic acid groups (broad SMARTS) is 1. The predicted molar refractivity (Wildman–Crippen MR) is 71.8 cm³/mol. The van der Waals surface area contributed by atoms with Gasteiger partial charge >= 0.3 is 5.97 Å². The van der Waals surface area contributed by atoms with Crippen LogP contribution < -0.4 is 0 Å². The summed E-state index contributed by atoms with van der Waals surface area (Å²) >= 11 is 6.02. The molecular weight excluding hydrogens is 250 g/mol. The molecule has 0 amide bonds. The number of nitrogens with zero attached hydrogens (tertiary/aromatic N) is 1. The van der Waals surface area contributed by atoms with Gasteiger partial charge in [0, 0.05) is 17.6 Å². The Morgan fingerprint density at radius 2 is 2.39 bits per heavy atom. The van der Waals surface area contributed by atoms with Crippen LogP contribution in [0.4, 0.5) is 0 Å². The second-order valence-electron chi connectivity index (χ2n) is 4.80. The number of aliphatic carboxylic acids is 1. The predicted octanol–water partition coefficient (Wildman–Crippen LogP) is 3.20. The van der Waals surface area contributed by atoms with Crippen molar-refractivity contribution in [2.24, 2.45) is 5.92 Å². The van der Waals surface area contributed by atoms with Gasteiger partial charge in [-0.25, -0.2) is 0 Å². The van der Waals surface area contributed by atoms with E-state index in [1.165, 1.54) is 5.56 Å². The zero-order chi connectivity index (χ0) is 13.1. The number of carboxylic acids is 1. The molecule has 1 aromatic rings. The molecule has 1 N–H and O–H groups in total. The highest BCUT2D eigenvalue weighted by atomic mass is 35.5. The van der Waals surface area contributed by atoms with Crippen LogP contribution in [0.3, 0.4) is 0 Å². The standard InChI is InChI=1S/C14H18ClNO2/c1-2-13(10-4-3-5-12(15)8-10)16-7-6-11(9-16)14(17)18/h3-5,8,11,13H,2,6-7,9H2,1H3,(H,17,18). The summed E-state index contributed by atoms with van der Waals surface area (Å²) in [7, 11) is 0. The van der Waals surface area contributed by atoms with Crippen LogP contribution in [0.1, 0.15) is 31.4 Å². The molecule has 0 aromatic heterocycles. The highest BCUT2D eigenvalue weighted by molar-refractivity contribution is 6.30. The van der Waals surface area contributed by atoms with Gasteiger partial charge in [-0.1, -0.05) is 30.7 Å². The highest BCUT2D eigenvalue weighted by Crippen LogP contribution is 2.31. The highest BCUT2D eigenvalue weighted by Gasteiger charge is 2.32. The van der Waals surface area contributed by atoms with E-state index in [-0.39, 0.29) is 12.0 Å². The van der Waals surface area contributed by atoms with E-state index in [0.717, 1.165) is 24.4 Å². The molecule has 4 heteroatoms. The van der Waals surface area contributed by atoms with Gasteiger partial charge in [0.05, 0.1) is 5.92 Å². The Balaban J connectivity index is 2.13. The minimum Gasteiger partial charge on any atom is -0.481 e. The van der Waals surface area contributed by atoms with E-state index < -0.39 is 5.97 Å². The lowest BCUT2D eigenvalue weighted by atomic mass is 10.0. The van der Waals surface area contributed by atoms with E-state index in [2.05, 4.69) is 17.9 Å². The Bertz CT molecular complexity index is 436. The molecule has 98 valence electrons. The van der Waals surface area contributed by atoms with E-state index in [9.17, 15) is 4.79 Å². The Morgan fingerprint density at radius 1 is 1.61 bits per heavy atom. The first-order valence-corrected chi connectivity index (χ1v) is 6.72. The third-order valence-electron chi connectivity index (χ3n) is 3.63. The van der Waals surface area contributed by atoms with Gasteiger partial charge in [0.15, 0.2) is 0 Å². The van der Waals surface area contributed by atoms with Crippen LogP contribution >= 0.6 is 11.6 Å². The second kappa shape index (κ2) is 5.72. The van der Waals surface area contributed by atoms with Gasteiger partial charge < -0.3 is 5.11 Å². The summed E-state index contributed by atoms with van der Waals surface area (Å²) in [5.74, 6) is -0.906. The van der Waals surface area contributed by atoms with Crippen molar-refractivity contribution in [2.75, 3.05) is 13.1 Å². The van der Waals surface area contributed by atoms with Gasteiger partial charge in [0.2, 0.25) is 0 Å². The fourth-order valence-electron chi connectivity index (χ4n) is 2.69. The Morgan fingerprint density at radius 3 is 2.94 bits per heavy atom. The number of halogens is 1. The molecule has 2 rings (SSSR count). The summed E-state index contributed by atoms with van der Waals surface area (Å²) in [6, 6.07) is 8.12. The van der Waals surface area contributed by atoms with Crippen molar-refractivity contribution in [3.8, 4) is 0 Å². The van der Waals surface area contributed by atoms with Crippen LogP contribution in [0, 0.1) is 5.92 Å². The van der Waals surface area contributed by atoms with E-state index in [1.807, 2.05) is 18.2 Å². The maximum Gasteiger partial charge on any atom is 0.307 e. The fraction of sp³-hybridized carbons (Fsp3) is 0.500. The molecular formula is C14H18ClNO2. The molecule has 2 atom stereocenters. The topological polar surface area (TPSA) is 40.5 Å². The number of benzene rings is 1. The van der Waals surface area contributed by atoms with Crippen molar-refractivity contribution in [2.45, 2.75) is 25.8 Å². The molecule has 0 radical (unpaired) electrons. The van der Waals surface area contributed by atoms with E-state index in [1.54, 1.807) is 0 Å². The van der Waals surface area contributed by atoms with Gasteiger partial charge in [-0.05, 0) is 37.1 Å². The fourth-order valence-corrected chi connectivity index (χ4v) is 2.89. The van der Waals surface area contributed by atoms with Crippen LogP contribution in [0.25, 0.3) is 0 Å². The van der Waals surface area contributed by atoms with Crippen LogP contribution in [-0.4, -0.2) is 29.1 Å². The van der Waals surface area contributed by atoms with Gasteiger partial charge in [-0.2, -0.15) is 0 Å². The molecule has 0 bridgehead atoms. The largest absolute Gasteiger partial charge is 0.481 e. The van der Waals surface area contributed by atoms with Crippen LogP contribution in [-0.2, 0) is 4.79 Å². The molecule has 1 aromatic carbocycles. The summed E-state index contributed by atoms with van der Waals surface area (Å²) < 4.78 is 0. The van der Waals surface area contributed by atoms with E-state index in [0.29, 0.717) is 6.54 Å². The van der Waals surface area contributed by atoms with Crippen molar-refractivity contribution in [1.82, 2.24) is 4.90 Å². The third kappa shape index (κ3) is 2.85. The Hall–Kier alpha value is -1.06. The number of carbonyl (C=O) groups is 1. The molecule has 1 heterocycles. The Labute approximate surface area is 112 Å². The van der Waals surface area contributed by atoms with Crippen molar-refractivity contribution in [3.63, 3.8) is 0 Å². The zero-order valence-corrected chi connectivity index (χ0v) is 11.2. The molecule has 1 aliphatic rings. The normalized spacial score (nSPS) is 22.0. The second-order valence-corrected chi connectivity index (χ2v) is 5.23. The van der Waals surface area contributed by atoms with Crippen LogP contribution in [0.5, 0.6) is 0 Å². The first-order valence-electron chi connectivity index (χ1n) is 6.34. The van der Waals surface area contributed by atoms with Crippen molar-refractivity contribution in [1.29, 1.82) is 0 Å². The minimum atomic E-state index is -0.682. The van der Waals surface area contributed by atoms with Crippen molar-refractivity contribution in [3.05, 3.63) is 34.9 Å². The van der Waals surface area contributed by atoms with Gasteiger partial charge in [0.25, 0.3) is 0 Å². The van der Waals surface area contributed by atoms with Crippen LogP contribution in [0.2, 0.25) is 5.02 Å². The molecule has 1 aliphatic heterocycles. The van der Waals surface area contributed by atoms with E-state index >= 15 is 0 Å². The average Bonchev–Trinajstić information content (AvgIpc) is 2.80. The number of hydrogen-bond donors (Lipinski definition) is 1. The molecule has 0 spiro atoms. The molecule has 3 nitrogen and oxygen atoms in total. The van der Waals surface area contributed by atoms with Gasteiger partial charge in [0.1, 0.15) is 0 Å². The Kier molecular flexibility index (Phi) is 4.25. The SMILES string of the molecule is CCC(c1cccc(Cl)c1)N1CCC(C(=O)O)C1. The summed E-state index contributed by atoms with van der Waals surface area (Å²) in [6.45, 7) is 3.61. The quantitative estimate of drug-likeness (QED) is 0.911. The molecule has 1 fully saturated rings. The van der Waals surface area contributed by atoms with E-state index in [4.69, 9.17) is 16.7 Å². The molecule has 1 saturated heterocycles. The number of likely N-dealkylation sites (tertiary alicyclic amines) is 1. The maximum atomic E-state index is 11.0. The third-order valence-corrected chi connectivity index (χ3v) is 3.86. The monoisotopic (exact) mass is 267 g/mol. The summed E-state index contributed by atoms with van der Waals surface area (Å²) in [4.78, 5) is 13.3. The first-order chi connectivity index (χ1) is 8.61. The van der Waals surface area contributed by atoms with Crippen molar-refractivity contribution < 1.29 is 9.90 Å². The lowest BCUT2D eigenvalue weighted by Gasteiger charge is -2.27.